The molecule has 1 unspecified atom stereocenters. The van der Waals surface area contributed by atoms with Gasteiger partial charge in [0.1, 0.15) is 11.8 Å². The number of sulfonamides is 1. The van der Waals surface area contributed by atoms with Gasteiger partial charge in [-0.2, -0.15) is 4.31 Å². The van der Waals surface area contributed by atoms with E-state index in [-0.39, 0.29) is 41.4 Å². The van der Waals surface area contributed by atoms with Crippen molar-refractivity contribution >= 4 is 27.5 Å². The number of carbonyl (C=O) groups excluding carboxylic acids is 2. The Morgan fingerprint density at radius 3 is 2.53 bits per heavy atom. The summed E-state index contributed by atoms with van der Waals surface area (Å²) in [5.74, 6) is 0.140. The molecule has 1 atom stereocenters. The highest BCUT2D eigenvalue weighted by Gasteiger charge is 2.41. The van der Waals surface area contributed by atoms with Gasteiger partial charge in [0.25, 0.3) is 0 Å². The first-order valence-electron chi connectivity index (χ1n) is 10.3. The molecule has 10 heteroatoms. The van der Waals surface area contributed by atoms with Crippen molar-refractivity contribution in [2.24, 2.45) is 5.92 Å². The Kier molecular flexibility index (Phi) is 5.99. The molecule has 4 rings (SSSR count). The quantitative estimate of drug-likeness (QED) is 0.713. The summed E-state index contributed by atoms with van der Waals surface area (Å²) in [4.78, 5) is 27.2. The van der Waals surface area contributed by atoms with E-state index in [2.05, 4.69) is 5.32 Å². The normalized spacial score (nSPS) is 22.7. The Hall–Kier alpha value is -2.17. The topological polar surface area (TPSA) is 105 Å². The lowest BCUT2D eigenvalue weighted by atomic mass is 10.2. The molecule has 3 aliphatic rings. The predicted octanol–water partition coefficient (Wildman–Crippen LogP) is 1.06. The monoisotopic (exact) mass is 437 g/mol. The molecule has 0 radical (unpaired) electrons. The van der Waals surface area contributed by atoms with E-state index in [9.17, 15) is 18.0 Å². The minimum Gasteiger partial charge on any atom is -0.495 e. The summed E-state index contributed by atoms with van der Waals surface area (Å²) in [6.07, 6.45) is 3.15. The van der Waals surface area contributed by atoms with Gasteiger partial charge >= 0.3 is 0 Å². The number of nitrogens with one attached hydrogen (secondary N) is 1. The molecule has 2 amide bonds. The van der Waals surface area contributed by atoms with Crippen LogP contribution < -0.4 is 10.1 Å². The van der Waals surface area contributed by atoms with Crippen molar-refractivity contribution in [3.63, 3.8) is 0 Å². The van der Waals surface area contributed by atoms with E-state index >= 15 is 0 Å². The van der Waals surface area contributed by atoms with Crippen molar-refractivity contribution in [1.82, 2.24) is 9.21 Å². The molecule has 0 spiro atoms. The van der Waals surface area contributed by atoms with Crippen LogP contribution in [0.3, 0.4) is 0 Å². The number of methoxy groups -OCH3 is 1. The van der Waals surface area contributed by atoms with Crippen molar-refractivity contribution in [1.29, 1.82) is 0 Å². The van der Waals surface area contributed by atoms with Crippen molar-refractivity contribution in [2.45, 2.75) is 36.6 Å². The number of amides is 2. The first-order chi connectivity index (χ1) is 14.4. The lowest BCUT2D eigenvalue weighted by Gasteiger charge is -2.27. The predicted molar refractivity (Wildman–Crippen MR) is 109 cm³/mol. The molecule has 0 aromatic heterocycles. The van der Waals surface area contributed by atoms with E-state index in [1.807, 2.05) is 0 Å². The van der Waals surface area contributed by atoms with Gasteiger partial charge in [0.05, 0.1) is 30.9 Å². The van der Waals surface area contributed by atoms with E-state index in [4.69, 9.17) is 9.47 Å². The average molecular weight is 438 g/mol. The zero-order chi connectivity index (χ0) is 21.3. The lowest BCUT2D eigenvalue weighted by molar-refractivity contribution is -0.137. The van der Waals surface area contributed by atoms with E-state index < -0.39 is 16.1 Å². The Bertz CT molecular complexity index is 924. The molecular formula is C20H27N3O6S. The van der Waals surface area contributed by atoms with Crippen LogP contribution in [0, 0.1) is 5.92 Å². The number of morpholine rings is 1. The molecule has 2 aliphatic heterocycles. The van der Waals surface area contributed by atoms with Crippen LogP contribution in [-0.4, -0.2) is 75.4 Å². The minimum atomic E-state index is -3.71. The van der Waals surface area contributed by atoms with Gasteiger partial charge in [-0.25, -0.2) is 8.42 Å². The number of rotatable bonds is 6. The van der Waals surface area contributed by atoms with E-state index in [0.29, 0.717) is 31.9 Å². The molecule has 3 fully saturated rings. The molecule has 2 heterocycles. The number of hydrogen-bond acceptors (Lipinski definition) is 6. The molecule has 0 bridgehead atoms. The smallest absolute Gasteiger partial charge is 0.247 e. The van der Waals surface area contributed by atoms with Gasteiger partial charge in [-0.1, -0.05) is 0 Å². The second kappa shape index (κ2) is 8.52. The van der Waals surface area contributed by atoms with Crippen LogP contribution in [0.4, 0.5) is 5.69 Å². The van der Waals surface area contributed by atoms with Crippen LogP contribution in [-0.2, 0) is 24.3 Å². The van der Waals surface area contributed by atoms with Gasteiger partial charge in [-0.05, 0) is 43.9 Å². The number of likely N-dealkylation sites (tertiary alicyclic amines) is 1. The van der Waals surface area contributed by atoms with Crippen molar-refractivity contribution < 1.29 is 27.5 Å². The Morgan fingerprint density at radius 1 is 1.13 bits per heavy atom. The summed E-state index contributed by atoms with van der Waals surface area (Å²) >= 11 is 0. The molecule has 9 nitrogen and oxygen atoms in total. The number of carbonyl (C=O) groups is 2. The number of anilines is 1. The first kappa shape index (κ1) is 21.1. The fraction of sp³-hybridized carbons (Fsp3) is 0.600. The summed E-state index contributed by atoms with van der Waals surface area (Å²) < 4.78 is 37.9. The molecule has 1 aliphatic carbocycles. The highest BCUT2D eigenvalue weighted by atomic mass is 32.2. The minimum absolute atomic E-state index is 0.0447. The molecule has 1 saturated carbocycles. The van der Waals surface area contributed by atoms with E-state index in [1.165, 1.54) is 29.6 Å². The van der Waals surface area contributed by atoms with Gasteiger partial charge in [0.15, 0.2) is 0 Å². The molecule has 30 heavy (non-hydrogen) atoms. The van der Waals surface area contributed by atoms with Crippen LogP contribution in [0.15, 0.2) is 23.1 Å². The lowest BCUT2D eigenvalue weighted by Crippen LogP contribution is -2.44. The van der Waals surface area contributed by atoms with Crippen molar-refractivity contribution in [3.05, 3.63) is 18.2 Å². The zero-order valence-electron chi connectivity index (χ0n) is 17.0. The summed E-state index contributed by atoms with van der Waals surface area (Å²) in [6.45, 7) is 1.86. The molecule has 1 aromatic carbocycles. The fourth-order valence-corrected chi connectivity index (χ4v) is 5.40. The summed E-state index contributed by atoms with van der Waals surface area (Å²) in [7, 11) is -2.25. The van der Waals surface area contributed by atoms with Crippen LogP contribution in [0.1, 0.15) is 25.7 Å². The van der Waals surface area contributed by atoms with Gasteiger partial charge in [0, 0.05) is 25.6 Å². The van der Waals surface area contributed by atoms with E-state index in [0.717, 1.165) is 19.3 Å². The standard InChI is InChI=1S/C20H27N3O6S/c1-28-18-7-6-15(30(26,27)22-9-11-29-12-10-22)13-16(18)21-19(24)17-3-2-8-23(17)20(25)14-4-5-14/h6-7,13-14,17H,2-5,8-12H2,1H3,(H,21,24). The SMILES string of the molecule is COc1ccc(S(=O)(=O)N2CCOCC2)cc1NC(=O)C1CCCN1C(=O)C1CC1. The maximum absolute atomic E-state index is 13.0. The highest BCUT2D eigenvalue weighted by molar-refractivity contribution is 7.89. The fourth-order valence-electron chi connectivity index (χ4n) is 3.97. The number of ether oxygens (including phenoxy) is 2. The Balaban J connectivity index is 1.55. The van der Waals surface area contributed by atoms with Crippen LogP contribution in [0.5, 0.6) is 5.75 Å². The third kappa shape index (κ3) is 4.17. The maximum atomic E-state index is 13.0. The molecule has 2 saturated heterocycles. The first-order valence-corrected chi connectivity index (χ1v) is 11.7. The third-order valence-electron chi connectivity index (χ3n) is 5.80. The van der Waals surface area contributed by atoms with Crippen LogP contribution >= 0.6 is 0 Å². The Morgan fingerprint density at radius 2 is 1.87 bits per heavy atom. The van der Waals surface area contributed by atoms with Crippen LogP contribution in [0.2, 0.25) is 0 Å². The van der Waals surface area contributed by atoms with Crippen molar-refractivity contribution in [2.75, 3.05) is 45.3 Å². The average Bonchev–Trinajstić information content (AvgIpc) is 3.49. The molecule has 164 valence electrons. The summed E-state index contributed by atoms with van der Waals surface area (Å²) in [5, 5.41) is 2.80. The number of hydrogen-bond donors (Lipinski definition) is 1. The summed E-state index contributed by atoms with van der Waals surface area (Å²) in [6, 6.07) is 3.88. The summed E-state index contributed by atoms with van der Waals surface area (Å²) in [5.41, 5.74) is 0.280. The molecule has 1 N–H and O–H groups in total. The van der Waals surface area contributed by atoms with E-state index in [1.54, 1.807) is 4.90 Å². The van der Waals surface area contributed by atoms with Gasteiger partial charge < -0.3 is 19.7 Å². The molecular weight excluding hydrogens is 410 g/mol. The van der Waals surface area contributed by atoms with Gasteiger partial charge in [0.2, 0.25) is 21.8 Å². The van der Waals surface area contributed by atoms with Gasteiger partial charge in [-0.15, -0.1) is 0 Å². The highest BCUT2D eigenvalue weighted by Crippen LogP contribution is 2.35. The number of benzene rings is 1. The maximum Gasteiger partial charge on any atom is 0.247 e. The second-order valence-corrected chi connectivity index (χ2v) is 9.77. The third-order valence-corrected chi connectivity index (χ3v) is 7.70. The molecule has 1 aromatic rings. The van der Waals surface area contributed by atoms with Crippen LogP contribution in [0.25, 0.3) is 0 Å². The zero-order valence-corrected chi connectivity index (χ0v) is 17.8. The van der Waals surface area contributed by atoms with Gasteiger partial charge in [-0.3, -0.25) is 9.59 Å². The largest absolute Gasteiger partial charge is 0.495 e. The number of nitrogens with zero attached hydrogens (tertiary/aromatic N) is 2. The van der Waals surface area contributed by atoms with Crippen molar-refractivity contribution in [3.8, 4) is 5.75 Å². The Labute approximate surface area is 176 Å². The second-order valence-electron chi connectivity index (χ2n) is 7.83.